The maximum atomic E-state index is 11.9. The molecule has 0 aromatic carbocycles. The Hall–Kier alpha value is -1.82. The van der Waals surface area contributed by atoms with Gasteiger partial charge in [-0.3, -0.25) is 0 Å². The van der Waals surface area contributed by atoms with Crippen LogP contribution in [0.2, 0.25) is 5.02 Å². The number of carbonyl (C=O) groups is 2. The second-order valence-corrected chi connectivity index (χ2v) is 5.38. The maximum Gasteiger partial charge on any atom is 0.359 e. The molecule has 20 heavy (non-hydrogen) atoms. The third-order valence-electron chi connectivity index (χ3n) is 2.09. The van der Waals surface area contributed by atoms with Crippen molar-refractivity contribution in [3.05, 3.63) is 22.3 Å². The highest BCUT2D eigenvalue weighted by molar-refractivity contribution is 6.33. The minimum absolute atomic E-state index is 0.0171. The quantitative estimate of drug-likeness (QED) is 0.862. The zero-order valence-electron chi connectivity index (χ0n) is 11.8. The number of anilines is 1. The lowest BCUT2D eigenvalue weighted by atomic mass is 10.2. The molecule has 0 aliphatic carbocycles. The second-order valence-electron chi connectivity index (χ2n) is 4.97. The van der Waals surface area contributed by atoms with Gasteiger partial charge in [-0.2, -0.15) is 0 Å². The number of halogens is 1. The molecule has 0 unspecified atom stereocenters. The van der Waals surface area contributed by atoms with E-state index in [0.717, 1.165) is 0 Å². The lowest BCUT2D eigenvalue weighted by Crippen LogP contribution is -2.25. The van der Waals surface area contributed by atoms with Gasteiger partial charge in [-0.25, -0.2) is 14.6 Å². The van der Waals surface area contributed by atoms with Crippen LogP contribution in [0.25, 0.3) is 0 Å². The van der Waals surface area contributed by atoms with Crippen molar-refractivity contribution in [1.82, 2.24) is 4.98 Å². The van der Waals surface area contributed by atoms with E-state index in [1.54, 1.807) is 27.7 Å². The standard InChI is InChI=1S/C13H17ClN2O4/c1-5-19-11(17)7-6-8(14)9(16-10(7)15)12(18)20-13(2,3)4/h6H,5H2,1-4H3,(H2,15,16). The van der Waals surface area contributed by atoms with Gasteiger partial charge < -0.3 is 15.2 Å². The van der Waals surface area contributed by atoms with E-state index in [1.165, 1.54) is 6.07 Å². The van der Waals surface area contributed by atoms with E-state index in [0.29, 0.717) is 0 Å². The summed E-state index contributed by atoms with van der Waals surface area (Å²) in [7, 11) is 0. The molecule has 0 atom stereocenters. The van der Waals surface area contributed by atoms with Crippen LogP contribution in [0.5, 0.6) is 0 Å². The van der Waals surface area contributed by atoms with Crippen LogP contribution in [-0.4, -0.2) is 29.1 Å². The lowest BCUT2D eigenvalue weighted by molar-refractivity contribution is 0.00626. The van der Waals surface area contributed by atoms with Gasteiger partial charge in [0, 0.05) is 0 Å². The van der Waals surface area contributed by atoms with Gasteiger partial charge in [0.25, 0.3) is 0 Å². The van der Waals surface area contributed by atoms with Crippen molar-refractivity contribution in [1.29, 1.82) is 0 Å². The fourth-order valence-electron chi connectivity index (χ4n) is 1.35. The zero-order chi connectivity index (χ0) is 15.5. The van der Waals surface area contributed by atoms with Crippen LogP contribution in [-0.2, 0) is 9.47 Å². The summed E-state index contributed by atoms with van der Waals surface area (Å²) in [6.07, 6.45) is 0. The van der Waals surface area contributed by atoms with Gasteiger partial charge in [-0.05, 0) is 33.8 Å². The topological polar surface area (TPSA) is 91.5 Å². The van der Waals surface area contributed by atoms with Crippen LogP contribution in [0, 0.1) is 0 Å². The summed E-state index contributed by atoms with van der Waals surface area (Å²) in [6.45, 7) is 7.02. The average molecular weight is 301 g/mol. The molecule has 0 saturated heterocycles. The molecule has 0 bridgehead atoms. The first-order valence-corrected chi connectivity index (χ1v) is 6.40. The van der Waals surface area contributed by atoms with E-state index >= 15 is 0 Å². The van der Waals surface area contributed by atoms with Gasteiger partial charge >= 0.3 is 11.9 Å². The van der Waals surface area contributed by atoms with Crippen LogP contribution in [0.15, 0.2) is 6.07 Å². The third-order valence-corrected chi connectivity index (χ3v) is 2.38. The van der Waals surface area contributed by atoms with Gasteiger partial charge in [-0.15, -0.1) is 0 Å². The average Bonchev–Trinajstić information content (AvgIpc) is 2.29. The van der Waals surface area contributed by atoms with Gasteiger partial charge in [0.05, 0.1) is 11.6 Å². The molecule has 0 spiro atoms. The highest BCUT2D eigenvalue weighted by Crippen LogP contribution is 2.23. The Labute approximate surface area is 122 Å². The number of rotatable bonds is 3. The fraction of sp³-hybridized carbons (Fsp3) is 0.462. The summed E-state index contributed by atoms with van der Waals surface area (Å²) < 4.78 is 9.96. The largest absolute Gasteiger partial charge is 0.462 e. The number of nitrogens with zero attached hydrogens (tertiary/aromatic N) is 1. The fourth-order valence-corrected chi connectivity index (χ4v) is 1.57. The lowest BCUT2D eigenvalue weighted by Gasteiger charge is -2.19. The number of nitrogen functional groups attached to an aromatic ring is 1. The third kappa shape index (κ3) is 4.09. The Morgan fingerprint density at radius 1 is 1.35 bits per heavy atom. The first-order valence-electron chi connectivity index (χ1n) is 6.02. The number of pyridine rings is 1. The summed E-state index contributed by atoms with van der Waals surface area (Å²) in [6, 6.07) is 1.25. The minimum atomic E-state index is -0.704. The van der Waals surface area contributed by atoms with Crippen molar-refractivity contribution >= 4 is 29.4 Å². The Balaban J connectivity index is 3.11. The number of hydrogen-bond acceptors (Lipinski definition) is 6. The molecule has 0 saturated carbocycles. The first kappa shape index (κ1) is 16.2. The van der Waals surface area contributed by atoms with E-state index < -0.39 is 17.5 Å². The van der Waals surface area contributed by atoms with E-state index in [2.05, 4.69) is 4.98 Å². The summed E-state index contributed by atoms with van der Waals surface area (Å²) in [5.74, 6) is -1.48. The second kappa shape index (κ2) is 6.09. The van der Waals surface area contributed by atoms with Crippen molar-refractivity contribution in [2.24, 2.45) is 0 Å². The van der Waals surface area contributed by atoms with Gasteiger partial charge in [0.1, 0.15) is 17.0 Å². The van der Waals surface area contributed by atoms with E-state index in [-0.39, 0.29) is 28.7 Å². The highest BCUT2D eigenvalue weighted by atomic mass is 35.5. The smallest absolute Gasteiger partial charge is 0.359 e. The number of hydrogen-bond donors (Lipinski definition) is 1. The van der Waals surface area contributed by atoms with Crippen molar-refractivity contribution in [3.63, 3.8) is 0 Å². The molecular formula is C13H17ClN2O4. The molecule has 6 nitrogen and oxygen atoms in total. The normalized spacial score (nSPS) is 11.1. The number of nitrogens with two attached hydrogens (primary N) is 1. The molecule has 0 fully saturated rings. The van der Waals surface area contributed by atoms with E-state index in [9.17, 15) is 9.59 Å². The molecular weight excluding hydrogens is 284 g/mol. The van der Waals surface area contributed by atoms with Crippen LogP contribution >= 0.6 is 11.6 Å². The molecule has 7 heteroatoms. The van der Waals surface area contributed by atoms with Gasteiger partial charge in [0.15, 0.2) is 5.69 Å². The van der Waals surface area contributed by atoms with Crippen LogP contribution in [0.4, 0.5) is 5.82 Å². The zero-order valence-corrected chi connectivity index (χ0v) is 12.6. The Morgan fingerprint density at radius 3 is 2.45 bits per heavy atom. The van der Waals surface area contributed by atoms with Crippen LogP contribution < -0.4 is 5.73 Å². The first-order chi connectivity index (χ1) is 9.15. The van der Waals surface area contributed by atoms with Crippen LogP contribution in [0.3, 0.4) is 0 Å². The van der Waals surface area contributed by atoms with Crippen LogP contribution in [0.1, 0.15) is 48.5 Å². The van der Waals surface area contributed by atoms with Crippen molar-refractivity contribution in [3.8, 4) is 0 Å². The highest BCUT2D eigenvalue weighted by Gasteiger charge is 2.24. The Morgan fingerprint density at radius 2 is 1.95 bits per heavy atom. The molecule has 0 aliphatic heterocycles. The molecule has 2 N–H and O–H groups in total. The molecule has 0 radical (unpaired) electrons. The predicted octanol–water partition coefficient (Wildman–Crippen LogP) is 2.45. The summed E-state index contributed by atoms with van der Waals surface area (Å²) >= 11 is 5.94. The summed E-state index contributed by atoms with van der Waals surface area (Å²) in [4.78, 5) is 27.3. The van der Waals surface area contributed by atoms with Crippen molar-refractivity contribution in [2.45, 2.75) is 33.3 Å². The van der Waals surface area contributed by atoms with E-state index in [1.807, 2.05) is 0 Å². The monoisotopic (exact) mass is 300 g/mol. The predicted molar refractivity (Wildman–Crippen MR) is 74.8 cm³/mol. The number of ether oxygens (including phenoxy) is 2. The molecule has 1 aromatic rings. The van der Waals surface area contributed by atoms with Crippen molar-refractivity contribution < 1.29 is 19.1 Å². The van der Waals surface area contributed by atoms with Gasteiger partial charge in [-0.1, -0.05) is 11.6 Å². The Bertz CT molecular complexity index is 538. The van der Waals surface area contributed by atoms with Gasteiger partial charge in [0.2, 0.25) is 0 Å². The van der Waals surface area contributed by atoms with Crippen molar-refractivity contribution in [2.75, 3.05) is 12.3 Å². The summed E-state index contributed by atoms with van der Waals surface area (Å²) in [5, 5.41) is -0.0171. The molecule has 0 amide bonds. The Kier molecular flexibility index (Phi) is 4.94. The van der Waals surface area contributed by atoms with E-state index in [4.69, 9.17) is 26.8 Å². The number of carbonyl (C=O) groups excluding carboxylic acids is 2. The molecule has 1 heterocycles. The number of aromatic nitrogens is 1. The maximum absolute atomic E-state index is 11.9. The minimum Gasteiger partial charge on any atom is -0.462 e. The molecule has 110 valence electrons. The molecule has 1 aromatic heterocycles. The molecule has 1 rings (SSSR count). The molecule has 0 aliphatic rings. The SMILES string of the molecule is CCOC(=O)c1cc(Cl)c(C(=O)OC(C)(C)C)nc1N. The summed E-state index contributed by atoms with van der Waals surface area (Å²) in [5.41, 5.74) is 4.85. The number of esters is 2.